The summed E-state index contributed by atoms with van der Waals surface area (Å²) in [6.45, 7) is 1.94. The summed E-state index contributed by atoms with van der Waals surface area (Å²) in [5, 5.41) is 17.4. The molecule has 0 aromatic heterocycles. The average molecular weight is 162 g/mol. The highest BCUT2D eigenvalue weighted by Crippen LogP contribution is 2.03. The number of hydroxylamine groups is 1. The molecular formula is C6H14N2O3. The number of carboxylic acids is 1. The SMILES string of the molecule is CCCCC(C(=O)O)N(N)O. The second-order valence-electron chi connectivity index (χ2n) is 2.38. The predicted octanol–water partition coefficient (Wildman–Crippen LogP) is 0.195. The van der Waals surface area contributed by atoms with Crippen molar-refractivity contribution in [3.63, 3.8) is 0 Å². The lowest BCUT2D eigenvalue weighted by molar-refractivity contribution is -0.171. The molecule has 0 radical (unpaired) electrons. The van der Waals surface area contributed by atoms with Crippen LogP contribution >= 0.6 is 0 Å². The summed E-state index contributed by atoms with van der Waals surface area (Å²) in [5.74, 6) is 3.79. The molecule has 0 rings (SSSR count). The Morgan fingerprint density at radius 2 is 2.27 bits per heavy atom. The number of hydrogen-bond acceptors (Lipinski definition) is 4. The molecule has 0 bridgehead atoms. The van der Waals surface area contributed by atoms with E-state index >= 15 is 0 Å². The number of nitrogens with zero attached hydrogens (tertiary/aromatic N) is 1. The van der Waals surface area contributed by atoms with Gasteiger partial charge < -0.3 is 5.11 Å². The number of unbranched alkanes of at least 4 members (excludes halogenated alkanes) is 1. The lowest BCUT2D eigenvalue weighted by Gasteiger charge is -2.16. The first-order valence-electron chi connectivity index (χ1n) is 3.55. The van der Waals surface area contributed by atoms with Crippen molar-refractivity contribution in [3.05, 3.63) is 0 Å². The molecule has 0 saturated carbocycles. The minimum absolute atomic E-state index is 0.248. The minimum atomic E-state index is -1.09. The molecule has 0 aromatic carbocycles. The lowest BCUT2D eigenvalue weighted by Crippen LogP contribution is -2.43. The first kappa shape index (κ1) is 10.3. The number of aliphatic carboxylic acids is 1. The number of rotatable bonds is 5. The summed E-state index contributed by atoms with van der Waals surface area (Å²) in [7, 11) is 0. The van der Waals surface area contributed by atoms with Gasteiger partial charge in [0.2, 0.25) is 0 Å². The largest absolute Gasteiger partial charge is 0.480 e. The smallest absolute Gasteiger partial charge is 0.324 e. The van der Waals surface area contributed by atoms with Gasteiger partial charge in [-0.2, -0.15) is 0 Å². The lowest BCUT2D eigenvalue weighted by atomic mass is 10.1. The zero-order valence-electron chi connectivity index (χ0n) is 6.53. The highest BCUT2D eigenvalue weighted by molar-refractivity contribution is 5.73. The predicted molar refractivity (Wildman–Crippen MR) is 38.8 cm³/mol. The van der Waals surface area contributed by atoms with Crippen molar-refractivity contribution < 1.29 is 15.1 Å². The summed E-state index contributed by atoms with van der Waals surface area (Å²) < 4.78 is 0. The van der Waals surface area contributed by atoms with Gasteiger partial charge in [0.1, 0.15) is 6.04 Å². The molecule has 0 spiro atoms. The van der Waals surface area contributed by atoms with Gasteiger partial charge in [-0.3, -0.25) is 10.0 Å². The number of carbonyl (C=O) groups is 1. The van der Waals surface area contributed by atoms with E-state index in [4.69, 9.17) is 16.2 Å². The van der Waals surface area contributed by atoms with E-state index in [9.17, 15) is 4.79 Å². The Labute approximate surface area is 65.3 Å². The van der Waals surface area contributed by atoms with Crippen molar-refractivity contribution in [2.45, 2.75) is 32.2 Å². The van der Waals surface area contributed by atoms with Gasteiger partial charge in [-0.25, -0.2) is 5.84 Å². The maximum atomic E-state index is 10.4. The van der Waals surface area contributed by atoms with Gasteiger partial charge in [-0.15, -0.1) is 5.17 Å². The molecule has 5 nitrogen and oxygen atoms in total. The van der Waals surface area contributed by atoms with Crippen molar-refractivity contribution in [2.24, 2.45) is 5.84 Å². The summed E-state index contributed by atoms with van der Waals surface area (Å²) in [4.78, 5) is 10.4. The number of nitrogens with two attached hydrogens (primary N) is 1. The van der Waals surface area contributed by atoms with E-state index in [-0.39, 0.29) is 5.17 Å². The van der Waals surface area contributed by atoms with Gasteiger partial charge >= 0.3 is 5.97 Å². The van der Waals surface area contributed by atoms with Gasteiger partial charge in [-0.1, -0.05) is 19.8 Å². The Morgan fingerprint density at radius 3 is 2.55 bits per heavy atom. The molecule has 66 valence electrons. The van der Waals surface area contributed by atoms with Gasteiger partial charge in [0.25, 0.3) is 0 Å². The Morgan fingerprint density at radius 1 is 1.73 bits per heavy atom. The van der Waals surface area contributed by atoms with Crippen molar-refractivity contribution in [2.75, 3.05) is 0 Å². The quantitative estimate of drug-likeness (QED) is 0.397. The third-order valence-corrected chi connectivity index (χ3v) is 1.44. The zero-order valence-corrected chi connectivity index (χ0v) is 6.53. The van der Waals surface area contributed by atoms with Crippen molar-refractivity contribution >= 4 is 5.97 Å². The third kappa shape index (κ3) is 3.92. The van der Waals surface area contributed by atoms with Crippen LogP contribution in [0, 0.1) is 0 Å². The molecule has 5 heteroatoms. The molecule has 0 amide bonds. The molecule has 0 saturated heterocycles. The number of carboxylic acid groups (broad SMARTS) is 1. The Bertz CT molecular complexity index is 127. The summed E-state index contributed by atoms with van der Waals surface area (Å²) >= 11 is 0. The standard InChI is InChI=1S/C6H14N2O3/c1-2-3-4-5(6(9)10)8(7)11/h5,11H,2-4,7H2,1H3,(H,9,10). The summed E-state index contributed by atoms with van der Waals surface area (Å²) in [6.07, 6.45) is 2.00. The Balaban J connectivity index is 3.80. The zero-order chi connectivity index (χ0) is 8.85. The van der Waals surface area contributed by atoms with Crippen molar-refractivity contribution in [1.82, 2.24) is 5.17 Å². The fourth-order valence-corrected chi connectivity index (χ4v) is 0.766. The van der Waals surface area contributed by atoms with Crippen LogP contribution < -0.4 is 5.84 Å². The molecule has 0 fully saturated rings. The van der Waals surface area contributed by atoms with Crippen LogP contribution in [-0.2, 0) is 4.79 Å². The Kier molecular flexibility index (Phi) is 4.76. The normalized spacial score (nSPS) is 13.5. The first-order valence-corrected chi connectivity index (χ1v) is 3.55. The maximum Gasteiger partial charge on any atom is 0.324 e. The molecule has 0 aliphatic carbocycles. The van der Waals surface area contributed by atoms with Crippen molar-refractivity contribution in [1.29, 1.82) is 0 Å². The minimum Gasteiger partial charge on any atom is -0.480 e. The highest BCUT2D eigenvalue weighted by atomic mass is 16.5. The molecule has 4 N–H and O–H groups in total. The second kappa shape index (κ2) is 5.06. The van der Waals surface area contributed by atoms with E-state index in [0.29, 0.717) is 6.42 Å². The molecule has 0 aliphatic rings. The molecule has 0 aromatic rings. The van der Waals surface area contributed by atoms with Gasteiger partial charge in [-0.05, 0) is 6.42 Å². The fraction of sp³-hybridized carbons (Fsp3) is 0.833. The van der Waals surface area contributed by atoms with E-state index < -0.39 is 12.0 Å². The van der Waals surface area contributed by atoms with Gasteiger partial charge in [0.05, 0.1) is 0 Å². The molecule has 11 heavy (non-hydrogen) atoms. The van der Waals surface area contributed by atoms with E-state index in [2.05, 4.69) is 0 Å². The molecule has 1 atom stereocenters. The van der Waals surface area contributed by atoms with Crippen LogP contribution in [0.1, 0.15) is 26.2 Å². The van der Waals surface area contributed by atoms with Gasteiger partial charge in [0.15, 0.2) is 0 Å². The van der Waals surface area contributed by atoms with Crippen LogP contribution in [0.15, 0.2) is 0 Å². The van der Waals surface area contributed by atoms with Crippen LogP contribution in [0.3, 0.4) is 0 Å². The number of hydrazine groups is 1. The van der Waals surface area contributed by atoms with Crippen LogP contribution in [0.2, 0.25) is 0 Å². The fourth-order valence-electron chi connectivity index (χ4n) is 0.766. The maximum absolute atomic E-state index is 10.4. The van der Waals surface area contributed by atoms with Crippen LogP contribution in [-0.4, -0.2) is 27.5 Å². The van der Waals surface area contributed by atoms with E-state index in [0.717, 1.165) is 12.8 Å². The van der Waals surface area contributed by atoms with E-state index in [1.54, 1.807) is 0 Å². The molecular weight excluding hydrogens is 148 g/mol. The monoisotopic (exact) mass is 162 g/mol. The summed E-state index contributed by atoms with van der Waals surface area (Å²) in [6, 6.07) is -0.977. The topological polar surface area (TPSA) is 86.8 Å². The van der Waals surface area contributed by atoms with Crippen LogP contribution in [0.25, 0.3) is 0 Å². The van der Waals surface area contributed by atoms with Gasteiger partial charge in [0, 0.05) is 0 Å². The second-order valence-corrected chi connectivity index (χ2v) is 2.38. The third-order valence-electron chi connectivity index (χ3n) is 1.44. The summed E-state index contributed by atoms with van der Waals surface area (Å²) in [5.41, 5.74) is 0. The Hall–Kier alpha value is -0.650. The van der Waals surface area contributed by atoms with Crippen LogP contribution in [0.4, 0.5) is 0 Å². The van der Waals surface area contributed by atoms with E-state index in [1.165, 1.54) is 0 Å². The average Bonchev–Trinajstić information content (AvgIpc) is 1.87. The van der Waals surface area contributed by atoms with Crippen LogP contribution in [0.5, 0.6) is 0 Å². The molecule has 0 heterocycles. The van der Waals surface area contributed by atoms with Crippen molar-refractivity contribution in [3.8, 4) is 0 Å². The molecule has 0 aliphatic heterocycles. The van der Waals surface area contributed by atoms with E-state index in [1.807, 2.05) is 6.92 Å². The number of hydrogen-bond donors (Lipinski definition) is 3. The highest BCUT2D eigenvalue weighted by Gasteiger charge is 2.20. The molecule has 1 unspecified atom stereocenters. The first-order chi connectivity index (χ1) is 5.09.